The number of carbonyl (C=O) groups is 1. The molecule has 4 heteroatoms. The van der Waals surface area contributed by atoms with Crippen LogP contribution in [0.5, 0.6) is 11.5 Å². The third-order valence-electron chi connectivity index (χ3n) is 2.47. The van der Waals surface area contributed by atoms with Crippen molar-refractivity contribution in [2.45, 2.75) is 6.92 Å². The standard InChI is InChI=1S/C14H10Cl2O2/c1-9-2-4-11(15)6-13(9)18-14-7-12(16)5-3-10(14)8-17/h2-8H,1H3. The molecule has 0 saturated heterocycles. The maximum Gasteiger partial charge on any atom is 0.153 e. The van der Waals surface area contributed by atoms with Crippen molar-refractivity contribution in [3.63, 3.8) is 0 Å². The van der Waals surface area contributed by atoms with E-state index in [1.807, 2.05) is 13.0 Å². The predicted octanol–water partition coefficient (Wildman–Crippen LogP) is 4.91. The zero-order valence-electron chi connectivity index (χ0n) is 9.61. The Hall–Kier alpha value is -1.51. The second-order valence-electron chi connectivity index (χ2n) is 3.81. The number of aldehydes is 1. The Labute approximate surface area is 115 Å². The molecule has 0 heterocycles. The molecule has 92 valence electrons. The van der Waals surface area contributed by atoms with E-state index in [4.69, 9.17) is 27.9 Å². The van der Waals surface area contributed by atoms with Gasteiger partial charge in [0, 0.05) is 16.1 Å². The van der Waals surface area contributed by atoms with Crippen LogP contribution in [0.4, 0.5) is 0 Å². The summed E-state index contributed by atoms with van der Waals surface area (Å²) in [6.45, 7) is 1.90. The van der Waals surface area contributed by atoms with Crippen LogP contribution in [0.1, 0.15) is 15.9 Å². The Bertz CT molecular complexity index is 594. The lowest BCUT2D eigenvalue weighted by molar-refractivity contribution is 0.112. The first kappa shape index (κ1) is 12.9. The smallest absolute Gasteiger partial charge is 0.153 e. The van der Waals surface area contributed by atoms with Gasteiger partial charge in [-0.2, -0.15) is 0 Å². The molecule has 0 aromatic heterocycles. The van der Waals surface area contributed by atoms with Crippen LogP contribution in [-0.4, -0.2) is 6.29 Å². The first-order valence-electron chi connectivity index (χ1n) is 5.29. The summed E-state index contributed by atoms with van der Waals surface area (Å²) in [6.07, 6.45) is 0.728. The van der Waals surface area contributed by atoms with Crippen molar-refractivity contribution >= 4 is 29.5 Å². The van der Waals surface area contributed by atoms with E-state index >= 15 is 0 Å². The molecule has 2 aromatic rings. The molecule has 2 aromatic carbocycles. The molecule has 0 spiro atoms. The van der Waals surface area contributed by atoms with Crippen LogP contribution in [-0.2, 0) is 0 Å². The van der Waals surface area contributed by atoms with Gasteiger partial charge in [0.25, 0.3) is 0 Å². The fraction of sp³-hybridized carbons (Fsp3) is 0.0714. The van der Waals surface area contributed by atoms with E-state index in [0.29, 0.717) is 27.1 Å². The van der Waals surface area contributed by atoms with E-state index in [1.165, 1.54) is 0 Å². The van der Waals surface area contributed by atoms with Crippen LogP contribution in [0.2, 0.25) is 10.0 Å². The molecule has 0 aliphatic heterocycles. The molecule has 0 N–H and O–H groups in total. The van der Waals surface area contributed by atoms with Crippen LogP contribution in [0.15, 0.2) is 36.4 Å². The number of rotatable bonds is 3. The first-order chi connectivity index (χ1) is 8.60. The summed E-state index contributed by atoms with van der Waals surface area (Å²) < 4.78 is 5.69. The molecule has 2 rings (SSSR count). The lowest BCUT2D eigenvalue weighted by atomic mass is 10.2. The van der Waals surface area contributed by atoms with Crippen LogP contribution >= 0.6 is 23.2 Å². The van der Waals surface area contributed by atoms with Crippen molar-refractivity contribution in [2.24, 2.45) is 0 Å². The summed E-state index contributed by atoms with van der Waals surface area (Å²) in [7, 11) is 0. The summed E-state index contributed by atoms with van der Waals surface area (Å²) in [6, 6.07) is 10.2. The first-order valence-corrected chi connectivity index (χ1v) is 6.04. The third kappa shape index (κ3) is 2.84. The van der Waals surface area contributed by atoms with Gasteiger partial charge in [0.15, 0.2) is 6.29 Å². The second-order valence-corrected chi connectivity index (χ2v) is 4.68. The lowest BCUT2D eigenvalue weighted by Gasteiger charge is -2.11. The summed E-state index contributed by atoms with van der Waals surface area (Å²) in [5.74, 6) is 1.02. The molecule has 0 atom stereocenters. The fourth-order valence-electron chi connectivity index (χ4n) is 1.50. The average Bonchev–Trinajstić information content (AvgIpc) is 2.34. The molecule has 0 fully saturated rings. The molecule has 18 heavy (non-hydrogen) atoms. The molecule has 0 unspecified atom stereocenters. The van der Waals surface area contributed by atoms with Gasteiger partial charge in [-0.1, -0.05) is 29.3 Å². The lowest BCUT2D eigenvalue weighted by Crippen LogP contribution is -1.92. The van der Waals surface area contributed by atoms with Gasteiger partial charge >= 0.3 is 0 Å². The molecular weight excluding hydrogens is 271 g/mol. The Balaban J connectivity index is 2.41. The van der Waals surface area contributed by atoms with Crippen molar-refractivity contribution in [1.82, 2.24) is 0 Å². The maximum absolute atomic E-state index is 10.9. The maximum atomic E-state index is 10.9. The topological polar surface area (TPSA) is 26.3 Å². The number of hydrogen-bond donors (Lipinski definition) is 0. The van der Waals surface area contributed by atoms with Crippen molar-refractivity contribution < 1.29 is 9.53 Å². The highest BCUT2D eigenvalue weighted by Crippen LogP contribution is 2.31. The Morgan fingerprint density at radius 3 is 2.28 bits per heavy atom. The zero-order chi connectivity index (χ0) is 13.1. The SMILES string of the molecule is Cc1ccc(Cl)cc1Oc1cc(Cl)ccc1C=O. The minimum absolute atomic E-state index is 0.419. The molecule has 0 radical (unpaired) electrons. The monoisotopic (exact) mass is 280 g/mol. The number of halogens is 2. The predicted molar refractivity (Wildman–Crippen MR) is 73.1 cm³/mol. The van der Waals surface area contributed by atoms with E-state index in [1.54, 1.807) is 30.3 Å². The van der Waals surface area contributed by atoms with Gasteiger partial charge in [-0.25, -0.2) is 0 Å². The zero-order valence-corrected chi connectivity index (χ0v) is 11.1. The largest absolute Gasteiger partial charge is 0.456 e. The minimum Gasteiger partial charge on any atom is -0.456 e. The molecule has 0 aliphatic carbocycles. The van der Waals surface area contributed by atoms with E-state index in [0.717, 1.165) is 11.8 Å². The van der Waals surface area contributed by atoms with E-state index in [2.05, 4.69) is 0 Å². The van der Waals surface area contributed by atoms with Gasteiger partial charge in [-0.05, 0) is 36.8 Å². The Kier molecular flexibility index (Phi) is 3.90. The highest BCUT2D eigenvalue weighted by atomic mass is 35.5. The Morgan fingerprint density at radius 2 is 1.61 bits per heavy atom. The van der Waals surface area contributed by atoms with Crippen LogP contribution in [0.25, 0.3) is 0 Å². The van der Waals surface area contributed by atoms with Crippen LogP contribution in [0, 0.1) is 6.92 Å². The third-order valence-corrected chi connectivity index (χ3v) is 2.94. The summed E-state index contributed by atoms with van der Waals surface area (Å²) in [5.41, 5.74) is 1.37. The molecule has 2 nitrogen and oxygen atoms in total. The summed E-state index contributed by atoms with van der Waals surface area (Å²) >= 11 is 11.8. The van der Waals surface area contributed by atoms with E-state index in [-0.39, 0.29) is 0 Å². The minimum atomic E-state index is 0.419. The molecule has 0 bridgehead atoms. The fourth-order valence-corrected chi connectivity index (χ4v) is 1.82. The van der Waals surface area contributed by atoms with Gasteiger partial charge in [0.05, 0.1) is 5.56 Å². The van der Waals surface area contributed by atoms with Crippen LogP contribution < -0.4 is 4.74 Å². The molecule has 0 amide bonds. The number of benzene rings is 2. The van der Waals surface area contributed by atoms with Gasteiger partial charge in [0.2, 0.25) is 0 Å². The number of carbonyl (C=O) groups excluding carboxylic acids is 1. The van der Waals surface area contributed by atoms with Gasteiger partial charge in [0.1, 0.15) is 11.5 Å². The highest BCUT2D eigenvalue weighted by Gasteiger charge is 2.08. The summed E-state index contributed by atoms with van der Waals surface area (Å²) in [5, 5.41) is 1.08. The van der Waals surface area contributed by atoms with E-state index in [9.17, 15) is 4.79 Å². The quantitative estimate of drug-likeness (QED) is 0.747. The summed E-state index contributed by atoms with van der Waals surface area (Å²) in [4.78, 5) is 10.9. The number of hydrogen-bond acceptors (Lipinski definition) is 2. The normalized spacial score (nSPS) is 10.2. The second kappa shape index (κ2) is 5.42. The molecular formula is C14H10Cl2O2. The van der Waals surface area contributed by atoms with Gasteiger partial charge in [-0.3, -0.25) is 4.79 Å². The van der Waals surface area contributed by atoms with Gasteiger partial charge < -0.3 is 4.74 Å². The van der Waals surface area contributed by atoms with Crippen molar-refractivity contribution in [1.29, 1.82) is 0 Å². The molecule has 0 saturated carbocycles. The van der Waals surface area contributed by atoms with Crippen molar-refractivity contribution in [2.75, 3.05) is 0 Å². The molecule has 0 aliphatic rings. The number of aryl methyl sites for hydroxylation is 1. The van der Waals surface area contributed by atoms with Crippen LogP contribution in [0.3, 0.4) is 0 Å². The highest BCUT2D eigenvalue weighted by molar-refractivity contribution is 6.31. The van der Waals surface area contributed by atoms with Crippen molar-refractivity contribution in [3.05, 3.63) is 57.6 Å². The van der Waals surface area contributed by atoms with Crippen molar-refractivity contribution in [3.8, 4) is 11.5 Å². The average molecular weight is 281 g/mol. The van der Waals surface area contributed by atoms with Gasteiger partial charge in [-0.15, -0.1) is 0 Å². The van der Waals surface area contributed by atoms with E-state index < -0.39 is 0 Å². The number of ether oxygens (including phenoxy) is 1. The Morgan fingerprint density at radius 1 is 1.00 bits per heavy atom.